The van der Waals surface area contributed by atoms with E-state index in [2.05, 4.69) is 42.5 Å². The van der Waals surface area contributed by atoms with Gasteiger partial charge in [0.25, 0.3) is 0 Å². The molecule has 0 aliphatic heterocycles. The van der Waals surface area contributed by atoms with Crippen molar-refractivity contribution in [2.24, 2.45) is 0 Å². The molecule has 2 rings (SSSR count). The maximum absolute atomic E-state index is 5.41. The second-order valence-corrected chi connectivity index (χ2v) is 5.56. The number of nitrogens with one attached hydrogen (secondary N) is 1. The molecule has 1 atom stereocenters. The molecule has 1 aromatic carbocycles. The van der Waals surface area contributed by atoms with Crippen molar-refractivity contribution in [3.8, 4) is 0 Å². The van der Waals surface area contributed by atoms with Crippen LogP contribution in [-0.4, -0.2) is 5.16 Å². The van der Waals surface area contributed by atoms with Crippen LogP contribution in [0.25, 0.3) is 0 Å². The maximum Gasteiger partial charge on any atom is 0.225 e. The molecule has 1 heterocycles. The predicted molar refractivity (Wildman–Crippen MR) is 87.4 cm³/mol. The topological polar surface area (TPSA) is 38.1 Å². The molecule has 0 saturated heterocycles. The minimum atomic E-state index is 0.521. The molecule has 3 nitrogen and oxygen atoms in total. The van der Waals surface area contributed by atoms with E-state index in [0.29, 0.717) is 5.92 Å². The molecule has 0 radical (unpaired) electrons. The molecule has 0 spiro atoms. The number of nitrogens with zero attached hydrogens (tertiary/aromatic N) is 1. The van der Waals surface area contributed by atoms with Crippen LogP contribution in [0.15, 0.2) is 40.9 Å². The predicted octanol–water partition coefficient (Wildman–Crippen LogP) is 5.36. The molecular weight excluding hydrogens is 260 g/mol. The lowest BCUT2D eigenvalue weighted by Crippen LogP contribution is -1.99. The summed E-state index contributed by atoms with van der Waals surface area (Å²) in [6.45, 7) is 5.23. The first-order valence-electron chi connectivity index (χ1n) is 8.07. The Bertz CT molecular complexity index is 507. The molecule has 2 aromatic rings. The van der Waals surface area contributed by atoms with Crippen molar-refractivity contribution < 1.29 is 4.52 Å². The van der Waals surface area contributed by atoms with Gasteiger partial charge in [0.15, 0.2) is 0 Å². The van der Waals surface area contributed by atoms with Gasteiger partial charge < -0.3 is 9.84 Å². The maximum atomic E-state index is 5.41. The molecule has 0 amide bonds. The van der Waals surface area contributed by atoms with Gasteiger partial charge in [-0.3, -0.25) is 0 Å². The third kappa shape index (κ3) is 4.92. The van der Waals surface area contributed by atoms with Gasteiger partial charge in [0.2, 0.25) is 5.88 Å². The second-order valence-electron chi connectivity index (χ2n) is 5.56. The Kier molecular flexibility index (Phi) is 6.32. The summed E-state index contributed by atoms with van der Waals surface area (Å²) >= 11 is 0. The molecule has 21 heavy (non-hydrogen) atoms. The van der Waals surface area contributed by atoms with E-state index in [1.54, 1.807) is 0 Å². The van der Waals surface area contributed by atoms with Crippen molar-refractivity contribution in [3.63, 3.8) is 0 Å². The van der Waals surface area contributed by atoms with E-state index in [0.717, 1.165) is 24.5 Å². The van der Waals surface area contributed by atoms with Gasteiger partial charge in [-0.2, -0.15) is 0 Å². The van der Waals surface area contributed by atoms with Crippen LogP contribution in [0.2, 0.25) is 0 Å². The van der Waals surface area contributed by atoms with E-state index in [1.165, 1.54) is 31.2 Å². The summed E-state index contributed by atoms with van der Waals surface area (Å²) in [5, 5.41) is 7.54. The zero-order chi connectivity index (χ0) is 14.9. The molecule has 114 valence electrons. The van der Waals surface area contributed by atoms with Gasteiger partial charge in [0.05, 0.1) is 5.69 Å². The minimum Gasteiger partial charge on any atom is -0.350 e. The molecule has 1 aromatic heterocycles. The van der Waals surface area contributed by atoms with E-state index >= 15 is 0 Å². The summed E-state index contributed by atoms with van der Waals surface area (Å²) < 4.78 is 5.41. The zero-order valence-corrected chi connectivity index (χ0v) is 13.1. The third-order valence-corrected chi connectivity index (χ3v) is 3.91. The van der Waals surface area contributed by atoms with Gasteiger partial charge in [-0.15, -0.1) is 0 Å². The van der Waals surface area contributed by atoms with Crippen molar-refractivity contribution in [2.45, 2.75) is 58.4 Å². The van der Waals surface area contributed by atoms with Gasteiger partial charge in [-0.1, -0.05) is 68.6 Å². The lowest BCUT2D eigenvalue weighted by molar-refractivity contribution is 0.408. The van der Waals surface area contributed by atoms with Gasteiger partial charge in [-0.05, 0) is 18.4 Å². The van der Waals surface area contributed by atoms with Crippen LogP contribution in [0.5, 0.6) is 0 Å². The Labute approximate surface area is 127 Å². The van der Waals surface area contributed by atoms with Crippen LogP contribution in [0.1, 0.15) is 63.1 Å². The van der Waals surface area contributed by atoms with Crippen molar-refractivity contribution in [2.75, 3.05) is 5.32 Å². The van der Waals surface area contributed by atoms with E-state index in [9.17, 15) is 0 Å². The Morgan fingerprint density at radius 3 is 2.67 bits per heavy atom. The second kappa shape index (κ2) is 8.50. The smallest absolute Gasteiger partial charge is 0.225 e. The normalized spacial score (nSPS) is 12.3. The highest BCUT2D eigenvalue weighted by Gasteiger charge is 2.14. The highest BCUT2D eigenvalue weighted by molar-refractivity contribution is 5.34. The molecule has 1 unspecified atom stereocenters. The number of unbranched alkanes of at least 4 members (excludes halogenated alkanes) is 2. The number of hydrogen-bond acceptors (Lipinski definition) is 3. The molecule has 3 heteroatoms. The summed E-state index contributed by atoms with van der Waals surface area (Å²) in [4.78, 5) is 0. The highest BCUT2D eigenvalue weighted by Crippen LogP contribution is 2.27. The summed E-state index contributed by atoms with van der Waals surface area (Å²) in [7, 11) is 0. The van der Waals surface area contributed by atoms with Gasteiger partial charge in [0, 0.05) is 18.5 Å². The molecule has 0 aliphatic carbocycles. The molecule has 0 aliphatic rings. The summed E-state index contributed by atoms with van der Waals surface area (Å²) in [5.74, 6) is 1.29. The van der Waals surface area contributed by atoms with Gasteiger partial charge in [0.1, 0.15) is 0 Å². The van der Waals surface area contributed by atoms with Gasteiger partial charge >= 0.3 is 0 Å². The lowest BCUT2D eigenvalue weighted by Gasteiger charge is -2.10. The molecule has 1 N–H and O–H groups in total. The van der Waals surface area contributed by atoms with Crippen LogP contribution in [-0.2, 0) is 6.54 Å². The average Bonchev–Trinajstić information content (AvgIpc) is 2.99. The van der Waals surface area contributed by atoms with E-state index in [4.69, 9.17) is 4.52 Å². The fraction of sp³-hybridized carbons (Fsp3) is 0.500. The van der Waals surface area contributed by atoms with Crippen LogP contribution >= 0.6 is 0 Å². The Morgan fingerprint density at radius 1 is 1.14 bits per heavy atom. The van der Waals surface area contributed by atoms with Crippen LogP contribution in [0, 0.1) is 0 Å². The standard InChI is InChI=1S/C18H26N2O/c1-3-5-7-12-16(4-2)17-13-18(21-20-17)19-14-15-10-8-6-9-11-15/h6,8-11,13,16,19H,3-5,7,12,14H2,1-2H3. The summed E-state index contributed by atoms with van der Waals surface area (Å²) in [6, 6.07) is 12.4. The third-order valence-electron chi connectivity index (χ3n) is 3.91. The van der Waals surface area contributed by atoms with Crippen LogP contribution < -0.4 is 5.32 Å². The Morgan fingerprint density at radius 2 is 1.95 bits per heavy atom. The number of aromatic nitrogens is 1. The fourth-order valence-corrected chi connectivity index (χ4v) is 2.55. The van der Waals surface area contributed by atoms with Crippen molar-refractivity contribution >= 4 is 5.88 Å². The quantitative estimate of drug-likeness (QED) is 0.630. The first-order valence-corrected chi connectivity index (χ1v) is 8.07. The van der Waals surface area contributed by atoms with Crippen molar-refractivity contribution in [3.05, 3.63) is 47.7 Å². The SMILES string of the molecule is CCCCCC(CC)c1cc(NCc2ccccc2)on1. The van der Waals surface area contributed by atoms with Crippen molar-refractivity contribution in [1.82, 2.24) is 5.16 Å². The summed E-state index contributed by atoms with van der Waals surface area (Å²) in [5.41, 5.74) is 2.33. The monoisotopic (exact) mass is 286 g/mol. The van der Waals surface area contributed by atoms with E-state index in [1.807, 2.05) is 18.2 Å². The molecule has 0 bridgehead atoms. The number of rotatable bonds is 9. The molecule has 0 saturated carbocycles. The minimum absolute atomic E-state index is 0.521. The Hall–Kier alpha value is -1.77. The first kappa shape index (κ1) is 15.6. The largest absolute Gasteiger partial charge is 0.350 e. The first-order chi connectivity index (χ1) is 10.3. The van der Waals surface area contributed by atoms with Crippen molar-refractivity contribution in [1.29, 1.82) is 0 Å². The van der Waals surface area contributed by atoms with E-state index < -0.39 is 0 Å². The molecular formula is C18H26N2O. The Balaban J connectivity index is 1.87. The van der Waals surface area contributed by atoms with Gasteiger partial charge in [-0.25, -0.2) is 0 Å². The molecule has 0 fully saturated rings. The number of hydrogen-bond donors (Lipinski definition) is 1. The number of benzene rings is 1. The highest BCUT2D eigenvalue weighted by atomic mass is 16.5. The van der Waals surface area contributed by atoms with Crippen LogP contribution in [0.3, 0.4) is 0 Å². The summed E-state index contributed by atoms with van der Waals surface area (Å²) in [6.07, 6.45) is 6.16. The van der Waals surface area contributed by atoms with E-state index in [-0.39, 0.29) is 0 Å². The zero-order valence-electron chi connectivity index (χ0n) is 13.1. The number of anilines is 1. The van der Waals surface area contributed by atoms with Crippen LogP contribution in [0.4, 0.5) is 5.88 Å². The fourth-order valence-electron chi connectivity index (χ4n) is 2.55. The average molecular weight is 286 g/mol. The lowest BCUT2D eigenvalue weighted by atomic mass is 9.95.